The minimum absolute atomic E-state index is 0.439. The molecule has 0 aromatic heterocycles. The molecule has 0 amide bonds. The molecular weight excluding hydrogens is 258 g/mol. The Kier molecular flexibility index (Phi) is 3.43. The van der Waals surface area contributed by atoms with Gasteiger partial charge in [-0.05, 0) is 36.1 Å². The predicted molar refractivity (Wildman–Crippen MR) is 74.1 cm³/mol. The summed E-state index contributed by atoms with van der Waals surface area (Å²) in [6.45, 7) is 2.87. The number of fused-ring (bicyclic) bond motifs is 1. The highest BCUT2D eigenvalue weighted by atomic mass is 19.1. The summed E-state index contributed by atoms with van der Waals surface area (Å²) in [7, 11) is 0. The second-order valence-electron chi connectivity index (χ2n) is 5.32. The molecule has 0 saturated heterocycles. The Morgan fingerprint density at radius 3 is 2.75 bits per heavy atom. The molecule has 0 saturated carbocycles. The van der Waals surface area contributed by atoms with E-state index < -0.39 is 11.6 Å². The van der Waals surface area contributed by atoms with Gasteiger partial charge in [-0.25, -0.2) is 8.78 Å². The Morgan fingerprint density at radius 2 is 1.95 bits per heavy atom. The molecule has 104 valence electrons. The molecule has 0 unspecified atom stereocenters. The van der Waals surface area contributed by atoms with E-state index in [4.69, 9.17) is 4.74 Å². The van der Waals surface area contributed by atoms with Crippen LogP contribution in [0.2, 0.25) is 0 Å². The van der Waals surface area contributed by atoms with E-state index in [9.17, 15) is 8.78 Å². The fraction of sp³-hybridized carbons (Fsp3) is 0.294. The third-order valence-corrected chi connectivity index (χ3v) is 3.80. The molecule has 2 aromatic carbocycles. The van der Waals surface area contributed by atoms with E-state index in [-0.39, 0.29) is 0 Å². The van der Waals surface area contributed by atoms with E-state index in [0.717, 1.165) is 24.0 Å². The largest absolute Gasteiger partial charge is 0.493 e. The molecule has 0 aliphatic carbocycles. The van der Waals surface area contributed by atoms with Crippen LogP contribution < -0.4 is 4.74 Å². The van der Waals surface area contributed by atoms with Gasteiger partial charge in [0.15, 0.2) is 0 Å². The van der Waals surface area contributed by atoms with E-state index in [1.165, 1.54) is 17.7 Å². The molecule has 2 aromatic rings. The Hall–Kier alpha value is -1.90. The van der Waals surface area contributed by atoms with Gasteiger partial charge in [-0.1, -0.05) is 25.1 Å². The lowest BCUT2D eigenvalue weighted by atomic mass is 9.99. The van der Waals surface area contributed by atoms with Crippen LogP contribution >= 0.6 is 0 Å². The second kappa shape index (κ2) is 5.23. The zero-order valence-electron chi connectivity index (χ0n) is 11.3. The molecule has 20 heavy (non-hydrogen) atoms. The molecule has 1 aliphatic heterocycles. The van der Waals surface area contributed by atoms with Gasteiger partial charge in [-0.3, -0.25) is 0 Å². The minimum atomic E-state index is -0.536. The standard InChI is InChI=1S/C17H16F2O/c1-11-10-20-17-8-12(3-7-15(11)17)2-4-13-5-6-14(18)9-16(13)19/h3,5-9,11H,2,4,10H2,1H3/t11-/m1/s1. The zero-order valence-corrected chi connectivity index (χ0v) is 11.3. The summed E-state index contributed by atoms with van der Waals surface area (Å²) in [5.74, 6) is 0.366. The number of hydrogen-bond donors (Lipinski definition) is 0. The van der Waals surface area contributed by atoms with Gasteiger partial charge in [0.1, 0.15) is 17.4 Å². The maximum absolute atomic E-state index is 13.6. The van der Waals surface area contributed by atoms with Gasteiger partial charge in [0.25, 0.3) is 0 Å². The summed E-state index contributed by atoms with van der Waals surface area (Å²) in [4.78, 5) is 0. The first-order valence-corrected chi connectivity index (χ1v) is 6.83. The van der Waals surface area contributed by atoms with Crippen molar-refractivity contribution in [3.63, 3.8) is 0 Å². The van der Waals surface area contributed by atoms with Crippen molar-refractivity contribution in [2.45, 2.75) is 25.7 Å². The highest BCUT2D eigenvalue weighted by molar-refractivity contribution is 5.42. The molecule has 1 atom stereocenters. The molecule has 1 nitrogen and oxygen atoms in total. The summed E-state index contributed by atoms with van der Waals surface area (Å²) < 4.78 is 32.0. The monoisotopic (exact) mass is 274 g/mol. The number of aryl methyl sites for hydroxylation is 2. The minimum Gasteiger partial charge on any atom is -0.493 e. The maximum atomic E-state index is 13.6. The molecule has 0 N–H and O–H groups in total. The normalized spacial score (nSPS) is 16.9. The van der Waals surface area contributed by atoms with Gasteiger partial charge in [0.2, 0.25) is 0 Å². The second-order valence-corrected chi connectivity index (χ2v) is 5.32. The van der Waals surface area contributed by atoms with Gasteiger partial charge in [0, 0.05) is 17.5 Å². The summed E-state index contributed by atoms with van der Waals surface area (Å²) >= 11 is 0. The van der Waals surface area contributed by atoms with E-state index in [0.29, 0.717) is 24.3 Å². The van der Waals surface area contributed by atoms with E-state index in [1.54, 1.807) is 0 Å². The van der Waals surface area contributed by atoms with Crippen LogP contribution in [0.5, 0.6) is 5.75 Å². The van der Waals surface area contributed by atoms with Gasteiger partial charge < -0.3 is 4.74 Å². The first-order chi connectivity index (χ1) is 9.63. The van der Waals surface area contributed by atoms with Crippen LogP contribution in [0.15, 0.2) is 36.4 Å². The lowest BCUT2D eigenvalue weighted by Gasteiger charge is -2.06. The van der Waals surface area contributed by atoms with Crippen molar-refractivity contribution in [3.05, 3.63) is 64.7 Å². The number of halogens is 2. The number of hydrogen-bond acceptors (Lipinski definition) is 1. The Balaban J connectivity index is 1.73. The van der Waals surface area contributed by atoms with Gasteiger partial charge >= 0.3 is 0 Å². The Bertz CT molecular complexity index is 637. The molecule has 1 aliphatic rings. The predicted octanol–water partition coefficient (Wildman–Crippen LogP) is 4.25. The van der Waals surface area contributed by atoms with Crippen LogP contribution in [0, 0.1) is 11.6 Å². The van der Waals surface area contributed by atoms with Crippen molar-refractivity contribution in [1.82, 2.24) is 0 Å². The maximum Gasteiger partial charge on any atom is 0.129 e. The highest BCUT2D eigenvalue weighted by Crippen LogP contribution is 2.34. The molecular formula is C17H16F2O. The quantitative estimate of drug-likeness (QED) is 0.813. The Labute approximate surface area is 117 Å². The van der Waals surface area contributed by atoms with Crippen molar-refractivity contribution in [1.29, 1.82) is 0 Å². The molecule has 1 heterocycles. The van der Waals surface area contributed by atoms with Crippen molar-refractivity contribution >= 4 is 0 Å². The summed E-state index contributed by atoms with van der Waals surface area (Å²) in [5.41, 5.74) is 2.89. The first kappa shape index (κ1) is 13.1. The summed E-state index contributed by atoms with van der Waals surface area (Å²) in [6, 6.07) is 9.92. The molecule has 3 heteroatoms. The SMILES string of the molecule is C[C@@H]1COc2cc(CCc3ccc(F)cc3F)ccc21. The van der Waals surface area contributed by atoms with Gasteiger partial charge in [0.05, 0.1) is 6.61 Å². The summed E-state index contributed by atoms with van der Waals surface area (Å²) in [5, 5.41) is 0. The van der Waals surface area contributed by atoms with Crippen molar-refractivity contribution in [2.24, 2.45) is 0 Å². The van der Waals surface area contributed by atoms with E-state index in [1.807, 2.05) is 6.07 Å². The van der Waals surface area contributed by atoms with Crippen LogP contribution in [0.1, 0.15) is 29.5 Å². The molecule has 0 bridgehead atoms. The zero-order chi connectivity index (χ0) is 14.1. The number of rotatable bonds is 3. The molecule has 3 rings (SSSR count). The van der Waals surface area contributed by atoms with Crippen molar-refractivity contribution in [3.8, 4) is 5.75 Å². The van der Waals surface area contributed by atoms with Crippen LogP contribution in [0.25, 0.3) is 0 Å². The van der Waals surface area contributed by atoms with Crippen LogP contribution in [0.4, 0.5) is 8.78 Å². The number of ether oxygens (including phenoxy) is 1. The fourth-order valence-corrected chi connectivity index (χ4v) is 2.57. The molecule has 0 radical (unpaired) electrons. The average Bonchev–Trinajstić information content (AvgIpc) is 2.79. The lowest BCUT2D eigenvalue weighted by molar-refractivity contribution is 0.337. The van der Waals surface area contributed by atoms with Gasteiger partial charge in [-0.2, -0.15) is 0 Å². The number of benzene rings is 2. The molecule has 0 fully saturated rings. The first-order valence-electron chi connectivity index (χ1n) is 6.83. The van der Waals surface area contributed by atoms with Crippen molar-refractivity contribution < 1.29 is 13.5 Å². The van der Waals surface area contributed by atoms with E-state index in [2.05, 4.69) is 19.1 Å². The third-order valence-electron chi connectivity index (χ3n) is 3.80. The van der Waals surface area contributed by atoms with Crippen LogP contribution in [0.3, 0.4) is 0 Å². The third kappa shape index (κ3) is 2.53. The van der Waals surface area contributed by atoms with Crippen LogP contribution in [-0.2, 0) is 12.8 Å². The van der Waals surface area contributed by atoms with E-state index >= 15 is 0 Å². The molecule has 0 spiro atoms. The average molecular weight is 274 g/mol. The highest BCUT2D eigenvalue weighted by Gasteiger charge is 2.19. The smallest absolute Gasteiger partial charge is 0.129 e. The Morgan fingerprint density at radius 1 is 1.10 bits per heavy atom. The van der Waals surface area contributed by atoms with Crippen molar-refractivity contribution in [2.75, 3.05) is 6.61 Å². The lowest BCUT2D eigenvalue weighted by Crippen LogP contribution is -1.96. The topological polar surface area (TPSA) is 9.23 Å². The van der Waals surface area contributed by atoms with Gasteiger partial charge in [-0.15, -0.1) is 0 Å². The van der Waals surface area contributed by atoms with Crippen LogP contribution in [-0.4, -0.2) is 6.61 Å². The summed E-state index contributed by atoms with van der Waals surface area (Å²) in [6.07, 6.45) is 1.27. The fourth-order valence-electron chi connectivity index (χ4n) is 2.57.